The SMILES string of the molecule is Nc1cccc(SC2CCCNC(=O)C2)c1. The number of hydrogen-bond donors (Lipinski definition) is 2. The fourth-order valence-electron chi connectivity index (χ4n) is 1.82. The highest BCUT2D eigenvalue weighted by atomic mass is 32.2. The molecule has 0 saturated carbocycles. The van der Waals surface area contributed by atoms with E-state index in [0.29, 0.717) is 11.7 Å². The van der Waals surface area contributed by atoms with E-state index in [-0.39, 0.29) is 5.91 Å². The van der Waals surface area contributed by atoms with Crippen LogP contribution in [0, 0.1) is 0 Å². The molecular formula is C12H16N2OS. The average Bonchev–Trinajstić information content (AvgIpc) is 2.43. The standard InChI is InChI=1S/C12H16N2OS/c13-9-3-1-4-10(7-9)16-11-5-2-6-14-12(15)8-11/h1,3-4,7,11H,2,5-6,8,13H2,(H,14,15). The normalized spacial score (nSPS) is 21.2. The number of rotatable bonds is 2. The monoisotopic (exact) mass is 236 g/mol. The molecule has 1 unspecified atom stereocenters. The van der Waals surface area contributed by atoms with Gasteiger partial charge in [-0.2, -0.15) is 0 Å². The van der Waals surface area contributed by atoms with E-state index in [0.717, 1.165) is 30.0 Å². The summed E-state index contributed by atoms with van der Waals surface area (Å²) in [4.78, 5) is 12.6. The first-order valence-electron chi connectivity index (χ1n) is 5.53. The number of nitrogens with one attached hydrogen (secondary N) is 1. The molecule has 0 spiro atoms. The number of nitrogens with two attached hydrogens (primary N) is 1. The van der Waals surface area contributed by atoms with Gasteiger partial charge >= 0.3 is 0 Å². The van der Waals surface area contributed by atoms with Crippen LogP contribution in [0.3, 0.4) is 0 Å². The maximum absolute atomic E-state index is 11.4. The summed E-state index contributed by atoms with van der Waals surface area (Å²) in [6, 6.07) is 7.84. The Balaban J connectivity index is 2.00. The van der Waals surface area contributed by atoms with Gasteiger partial charge in [-0.1, -0.05) is 6.07 Å². The van der Waals surface area contributed by atoms with Crippen LogP contribution in [0.25, 0.3) is 0 Å². The number of nitrogen functional groups attached to an aromatic ring is 1. The number of anilines is 1. The highest BCUT2D eigenvalue weighted by Crippen LogP contribution is 2.30. The fraction of sp³-hybridized carbons (Fsp3) is 0.417. The Morgan fingerprint density at radius 3 is 3.12 bits per heavy atom. The predicted octanol–water partition coefficient (Wildman–Crippen LogP) is 2.03. The van der Waals surface area contributed by atoms with Crippen molar-refractivity contribution in [2.45, 2.75) is 29.4 Å². The lowest BCUT2D eigenvalue weighted by molar-refractivity contribution is -0.120. The zero-order chi connectivity index (χ0) is 11.4. The fourth-order valence-corrected chi connectivity index (χ4v) is 3.08. The molecule has 86 valence electrons. The molecule has 4 heteroatoms. The second-order valence-electron chi connectivity index (χ2n) is 4.01. The van der Waals surface area contributed by atoms with Gasteiger partial charge < -0.3 is 11.1 Å². The van der Waals surface area contributed by atoms with Gasteiger partial charge in [-0.25, -0.2) is 0 Å². The Bertz CT molecular complexity index is 381. The van der Waals surface area contributed by atoms with Gasteiger partial charge in [0.25, 0.3) is 0 Å². The van der Waals surface area contributed by atoms with Crippen LogP contribution in [0.1, 0.15) is 19.3 Å². The van der Waals surface area contributed by atoms with Gasteiger partial charge in [0.15, 0.2) is 0 Å². The molecule has 0 bridgehead atoms. The van der Waals surface area contributed by atoms with Crippen LogP contribution in [0.15, 0.2) is 29.2 Å². The number of carbonyl (C=O) groups is 1. The average molecular weight is 236 g/mol. The first kappa shape index (κ1) is 11.3. The summed E-state index contributed by atoms with van der Waals surface area (Å²) >= 11 is 1.75. The molecule has 1 amide bonds. The van der Waals surface area contributed by atoms with Crippen LogP contribution in [-0.2, 0) is 4.79 Å². The van der Waals surface area contributed by atoms with Crippen molar-refractivity contribution in [1.29, 1.82) is 0 Å². The Kier molecular flexibility index (Phi) is 3.72. The molecule has 1 aliphatic rings. The van der Waals surface area contributed by atoms with Gasteiger partial charge in [-0.15, -0.1) is 11.8 Å². The molecule has 1 atom stereocenters. The van der Waals surface area contributed by atoms with Gasteiger partial charge in [-0.05, 0) is 31.0 Å². The first-order valence-corrected chi connectivity index (χ1v) is 6.41. The summed E-state index contributed by atoms with van der Waals surface area (Å²) in [5, 5.41) is 3.27. The zero-order valence-corrected chi connectivity index (χ0v) is 9.93. The van der Waals surface area contributed by atoms with Crippen molar-refractivity contribution >= 4 is 23.4 Å². The van der Waals surface area contributed by atoms with E-state index in [1.807, 2.05) is 24.3 Å². The van der Waals surface area contributed by atoms with Gasteiger partial charge in [0.2, 0.25) is 5.91 Å². The third kappa shape index (κ3) is 3.17. The molecule has 0 radical (unpaired) electrons. The number of amides is 1. The smallest absolute Gasteiger partial charge is 0.221 e. The van der Waals surface area contributed by atoms with Crippen LogP contribution in [0.2, 0.25) is 0 Å². The molecular weight excluding hydrogens is 220 g/mol. The lowest BCUT2D eigenvalue weighted by Gasteiger charge is -2.12. The van der Waals surface area contributed by atoms with Crippen LogP contribution >= 0.6 is 11.8 Å². The minimum Gasteiger partial charge on any atom is -0.399 e. The molecule has 1 saturated heterocycles. The molecule has 1 heterocycles. The van der Waals surface area contributed by atoms with E-state index in [1.54, 1.807) is 11.8 Å². The van der Waals surface area contributed by atoms with Crippen molar-refractivity contribution in [3.63, 3.8) is 0 Å². The van der Waals surface area contributed by atoms with Crippen molar-refractivity contribution < 1.29 is 4.79 Å². The van der Waals surface area contributed by atoms with Gasteiger partial charge in [-0.3, -0.25) is 4.79 Å². The van der Waals surface area contributed by atoms with E-state index < -0.39 is 0 Å². The third-order valence-electron chi connectivity index (χ3n) is 2.60. The largest absolute Gasteiger partial charge is 0.399 e. The predicted molar refractivity (Wildman–Crippen MR) is 67.4 cm³/mol. The number of benzene rings is 1. The molecule has 16 heavy (non-hydrogen) atoms. The minimum absolute atomic E-state index is 0.166. The Labute approximate surface area is 99.8 Å². The Hall–Kier alpha value is -1.16. The molecule has 3 N–H and O–H groups in total. The van der Waals surface area contributed by atoms with Crippen molar-refractivity contribution in [2.75, 3.05) is 12.3 Å². The van der Waals surface area contributed by atoms with E-state index in [1.165, 1.54) is 0 Å². The van der Waals surface area contributed by atoms with E-state index in [9.17, 15) is 4.79 Å². The summed E-state index contributed by atoms with van der Waals surface area (Å²) in [7, 11) is 0. The van der Waals surface area contributed by atoms with Crippen molar-refractivity contribution in [3.8, 4) is 0 Å². The summed E-state index contributed by atoms with van der Waals surface area (Å²) in [6.07, 6.45) is 2.75. The van der Waals surface area contributed by atoms with Crippen LogP contribution in [0.5, 0.6) is 0 Å². The molecule has 2 rings (SSSR count). The maximum atomic E-state index is 11.4. The summed E-state index contributed by atoms with van der Waals surface area (Å²) in [6.45, 7) is 0.812. The van der Waals surface area contributed by atoms with E-state index in [2.05, 4.69) is 5.32 Å². The number of hydrogen-bond acceptors (Lipinski definition) is 3. The maximum Gasteiger partial charge on any atom is 0.221 e. The molecule has 0 aromatic heterocycles. The first-order chi connectivity index (χ1) is 7.74. The second kappa shape index (κ2) is 5.25. The zero-order valence-electron chi connectivity index (χ0n) is 9.11. The topological polar surface area (TPSA) is 55.1 Å². The molecule has 1 aromatic rings. The van der Waals surface area contributed by atoms with Crippen LogP contribution in [-0.4, -0.2) is 17.7 Å². The quantitative estimate of drug-likeness (QED) is 0.772. The molecule has 3 nitrogen and oxygen atoms in total. The van der Waals surface area contributed by atoms with Gasteiger partial charge in [0.1, 0.15) is 0 Å². The summed E-state index contributed by atoms with van der Waals surface area (Å²) < 4.78 is 0. The van der Waals surface area contributed by atoms with Crippen LogP contribution < -0.4 is 11.1 Å². The highest BCUT2D eigenvalue weighted by Gasteiger charge is 2.18. The number of carbonyl (C=O) groups excluding carboxylic acids is 1. The molecule has 0 aliphatic carbocycles. The Morgan fingerprint density at radius 2 is 2.31 bits per heavy atom. The highest BCUT2D eigenvalue weighted by molar-refractivity contribution is 8.00. The van der Waals surface area contributed by atoms with Crippen LogP contribution in [0.4, 0.5) is 5.69 Å². The van der Waals surface area contributed by atoms with Crippen molar-refractivity contribution in [1.82, 2.24) is 5.32 Å². The molecule has 1 aromatic carbocycles. The lowest BCUT2D eigenvalue weighted by Crippen LogP contribution is -2.22. The van der Waals surface area contributed by atoms with Gasteiger partial charge in [0, 0.05) is 28.8 Å². The lowest BCUT2D eigenvalue weighted by atomic mass is 10.2. The van der Waals surface area contributed by atoms with Crippen molar-refractivity contribution in [2.24, 2.45) is 0 Å². The van der Waals surface area contributed by atoms with Gasteiger partial charge in [0.05, 0.1) is 0 Å². The second-order valence-corrected chi connectivity index (χ2v) is 5.38. The summed E-state index contributed by atoms with van der Waals surface area (Å²) in [5.41, 5.74) is 6.51. The van der Waals surface area contributed by atoms with Crippen molar-refractivity contribution in [3.05, 3.63) is 24.3 Å². The molecule has 1 aliphatic heterocycles. The number of thioether (sulfide) groups is 1. The van der Waals surface area contributed by atoms with E-state index in [4.69, 9.17) is 5.73 Å². The third-order valence-corrected chi connectivity index (χ3v) is 3.86. The summed E-state index contributed by atoms with van der Waals surface area (Å²) in [5.74, 6) is 0.166. The Morgan fingerprint density at radius 1 is 1.44 bits per heavy atom. The molecule has 1 fully saturated rings. The van der Waals surface area contributed by atoms with E-state index >= 15 is 0 Å². The minimum atomic E-state index is 0.166.